The van der Waals surface area contributed by atoms with Crippen LogP contribution in [0.15, 0.2) is 153 Å². The van der Waals surface area contributed by atoms with Gasteiger partial charge in [0.1, 0.15) is 0 Å². The van der Waals surface area contributed by atoms with Crippen molar-refractivity contribution in [3.05, 3.63) is 145 Å². The van der Waals surface area contributed by atoms with Crippen molar-refractivity contribution in [2.24, 2.45) is 0 Å². The lowest BCUT2D eigenvalue weighted by molar-refractivity contribution is 0.103. The number of carbonyl (C=O) groups is 1. The predicted octanol–water partition coefficient (Wildman–Crippen LogP) is 8.89. The molecule has 3 heteroatoms. The van der Waals surface area contributed by atoms with E-state index >= 15 is 0 Å². The van der Waals surface area contributed by atoms with Crippen molar-refractivity contribution in [3.63, 3.8) is 0 Å². The van der Waals surface area contributed by atoms with Crippen LogP contribution in [0.25, 0.3) is 11.1 Å². The lowest BCUT2D eigenvalue weighted by Gasteiger charge is -2.07. The molecule has 0 aromatic heterocycles. The Bertz CT molecular complexity index is 1380. The molecule has 0 unspecified atom stereocenters. The largest absolute Gasteiger partial charge is 0.289 e. The molecule has 0 saturated heterocycles. The maximum absolute atomic E-state index is 12.8. The van der Waals surface area contributed by atoms with Crippen molar-refractivity contribution in [2.45, 2.75) is 19.6 Å². The standard InChI is InChI=1S/C31H22OS2/c32-31(25-8-3-1-4-9-25)26-10-7-13-30(22-26)34-29-20-16-24(17-21-29)23-14-18-28(19-15-23)33-27-11-5-2-6-12-27/h1-22H. The van der Waals surface area contributed by atoms with Gasteiger partial charge in [0, 0.05) is 30.7 Å². The van der Waals surface area contributed by atoms with Crippen LogP contribution >= 0.6 is 23.5 Å². The molecular weight excluding hydrogens is 452 g/mol. The molecule has 0 bridgehead atoms. The molecule has 0 radical (unpaired) electrons. The van der Waals surface area contributed by atoms with Gasteiger partial charge < -0.3 is 0 Å². The topological polar surface area (TPSA) is 17.1 Å². The zero-order valence-electron chi connectivity index (χ0n) is 18.4. The second-order valence-corrected chi connectivity index (χ2v) is 10.1. The molecule has 0 spiro atoms. The van der Waals surface area contributed by atoms with Crippen LogP contribution in [0.5, 0.6) is 0 Å². The van der Waals surface area contributed by atoms with Crippen molar-refractivity contribution in [2.75, 3.05) is 0 Å². The minimum atomic E-state index is 0.0484. The van der Waals surface area contributed by atoms with Gasteiger partial charge in [0.15, 0.2) is 5.78 Å². The fraction of sp³-hybridized carbons (Fsp3) is 0. The van der Waals surface area contributed by atoms with Crippen LogP contribution in [0.4, 0.5) is 0 Å². The molecule has 5 aromatic rings. The van der Waals surface area contributed by atoms with Gasteiger partial charge in [-0.25, -0.2) is 0 Å². The third kappa shape index (κ3) is 5.51. The molecule has 0 N–H and O–H groups in total. The first-order valence-electron chi connectivity index (χ1n) is 11.1. The van der Waals surface area contributed by atoms with Gasteiger partial charge in [-0.15, -0.1) is 0 Å². The molecule has 0 aliphatic heterocycles. The highest BCUT2D eigenvalue weighted by Crippen LogP contribution is 2.32. The van der Waals surface area contributed by atoms with Crippen LogP contribution in [-0.2, 0) is 0 Å². The van der Waals surface area contributed by atoms with E-state index in [1.54, 1.807) is 23.5 Å². The van der Waals surface area contributed by atoms with E-state index in [0.717, 1.165) is 9.79 Å². The summed E-state index contributed by atoms with van der Waals surface area (Å²) in [4.78, 5) is 17.4. The Morgan fingerprint density at radius 3 is 1.44 bits per heavy atom. The number of ketones is 1. The van der Waals surface area contributed by atoms with Crippen LogP contribution < -0.4 is 0 Å². The molecule has 5 rings (SSSR count). The molecule has 164 valence electrons. The Morgan fingerprint density at radius 1 is 0.412 bits per heavy atom. The summed E-state index contributed by atoms with van der Waals surface area (Å²) in [5.74, 6) is 0.0484. The molecule has 0 amide bonds. The van der Waals surface area contributed by atoms with Crippen molar-refractivity contribution in [1.29, 1.82) is 0 Å². The number of benzene rings is 5. The van der Waals surface area contributed by atoms with Gasteiger partial charge in [-0.3, -0.25) is 4.79 Å². The van der Waals surface area contributed by atoms with Gasteiger partial charge in [-0.05, 0) is 59.7 Å². The monoisotopic (exact) mass is 474 g/mol. The van der Waals surface area contributed by atoms with E-state index in [4.69, 9.17) is 0 Å². The molecule has 0 aliphatic carbocycles. The third-order valence-corrected chi connectivity index (χ3v) is 7.40. The van der Waals surface area contributed by atoms with E-state index in [1.165, 1.54) is 20.9 Å². The zero-order valence-corrected chi connectivity index (χ0v) is 20.1. The van der Waals surface area contributed by atoms with Gasteiger partial charge in [0.05, 0.1) is 0 Å². The normalized spacial score (nSPS) is 10.7. The molecule has 0 aliphatic rings. The first-order valence-corrected chi connectivity index (χ1v) is 12.7. The van der Waals surface area contributed by atoms with E-state index in [-0.39, 0.29) is 5.78 Å². The van der Waals surface area contributed by atoms with E-state index in [0.29, 0.717) is 11.1 Å². The molecule has 0 fully saturated rings. The average molecular weight is 475 g/mol. The highest BCUT2D eigenvalue weighted by molar-refractivity contribution is 7.99. The zero-order chi connectivity index (χ0) is 23.2. The average Bonchev–Trinajstić information content (AvgIpc) is 2.90. The summed E-state index contributed by atoms with van der Waals surface area (Å²) in [5, 5.41) is 0. The van der Waals surface area contributed by atoms with Gasteiger partial charge in [-0.1, -0.05) is 108 Å². The number of carbonyl (C=O) groups excluding carboxylic acids is 1. The highest BCUT2D eigenvalue weighted by Gasteiger charge is 2.09. The summed E-state index contributed by atoms with van der Waals surface area (Å²) in [6.45, 7) is 0. The van der Waals surface area contributed by atoms with Crippen molar-refractivity contribution in [3.8, 4) is 11.1 Å². The van der Waals surface area contributed by atoms with E-state index in [1.807, 2.05) is 60.7 Å². The van der Waals surface area contributed by atoms with Crippen LogP contribution in [0.3, 0.4) is 0 Å². The van der Waals surface area contributed by atoms with Crippen LogP contribution in [0, 0.1) is 0 Å². The number of rotatable bonds is 7. The summed E-state index contributed by atoms with van der Waals surface area (Å²) in [5.41, 5.74) is 3.81. The maximum atomic E-state index is 12.8. The van der Waals surface area contributed by atoms with E-state index < -0.39 is 0 Å². The smallest absolute Gasteiger partial charge is 0.193 e. The summed E-state index contributed by atoms with van der Waals surface area (Å²) in [7, 11) is 0. The lowest BCUT2D eigenvalue weighted by atomic mass is 10.0. The minimum Gasteiger partial charge on any atom is -0.289 e. The SMILES string of the molecule is O=C(c1ccccc1)c1cccc(Sc2ccc(-c3ccc(Sc4ccccc4)cc3)cc2)c1. The quantitative estimate of drug-likeness (QED) is 0.219. The lowest BCUT2D eigenvalue weighted by Crippen LogP contribution is -2.00. The highest BCUT2D eigenvalue weighted by atomic mass is 32.2. The second kappa shape index (κ2) is 10.6. The van der Waals surface area contributed by atoms with Gasteiger partial charge >= 0.3 is 0 Å². The number of hydrogen-bond acceptors (Lipinski definition) is 3. The van der Waals surface area contributed by atoms with Crippen molar-refractivity contribution >= 4 is 29.3 Å². The maximum Gasteiger partial charge on any atom is 0.193 e. The Kier molecular flexibility index (Phi) is 6.94. The van der Waals surface area contributed by atoms with Gasteiger partial charge in [-0.2, -0.15) is 0 Å². The Morgan fingerprint density at radius 2 is 0.853 bits per heavy atom. The van der Waals surface area contributed by atoms with Gasteiger partial charge in [0.2, 0.25) is 0 Å². The summed E-state index contributed by atoms with van der Waals surface area (Å²) in [6, 6.07) is 44.9. The molecule has 0 heterocycles. The number of hydrogen-bond donors (Lipinski definition) is 0. The van der Waals surface area contributed by atoms with E-state index in [9.17, 15) is 4.79 Å². The van der Waals surface area contributed by atoms with Crippen LogP contribution in [0.2, 0.25) is 0 Å². The fourth-order valence-electron chi connectivity index (χ4n) is 3.65. The summed E-state index contributed by atoms with van der Waals surface area (Å²) >= 11 is 3.44. The molecule has 1 nitrogen and oxygen atoms in total. The molecule has 5 aromatic carbocycles. The fourth-order valence-corrected chi connectivity index (χ4v) is 5.36. The van der Waals surface area contributed by atoms with Crippen molar-refractivity contribution in [1.82, 2.24) is 0 Å². The summed E-state index contributed by atoms with van der Waals surface area (Å²) < 4.78 is 0. The Balaban J connectivity index is 1.26. The Hall–Kier alpha value is -3.53. The van der Waals surface area contributed by atoms with Crippen LogP contribution in [0.1, 0.15) is 15.9 Å². The predicted molar refractivity (Wildman–Crippen MR) is 143 cm³/mol. The Labute approximate surface area is 208 Å². The second-order valence-electron chi connectivity index (χ2n) is 7.79. The minimum absolute atomic E-state index is 0.0484. The molecule has 0 atom stereocenters. The van der Waals surface area contributed by atoms with Crippen molar-refractivity contribution < 1.29 is 4.79 Å². The third-order valence-electron chi connectivity index (χ3n) is 5.39. The summed E-state index contributed by atoms with van der Waals surface area (Å²) in [6.07, 6.45) is 0. The molecule has 34 heavy (non-hydrogen) atoms. The first kappa shape index (κ1) is 22.3. The molecular formula is C31H22OS2. The molecule has 0 saturated carbocycles. The van der Waals surface area contributed by atoms with Crippen LogP contribution in [-0.4, -0.2) is 5.78 Å². The van der Waals surface area contributed by atoms with E-state index in [2.05, 4.69) is 72.8 Å². The first-order chi connectivity index (χ1) is 16.7. The van der Waals surface area contributed by atoms with Gasteiger partial charge in [0.25, 0.3) is 0 Å².